The minimum absolute atomic E-state index is 0.00907. The zero-order valence-corrected chi connectivity index (χ0v) is 15.0. The number of pyridine rings is 1. The third kappa shape index (κ3) is 3.07. The summed E-state index contributed by atoms with van der Waals surface area (Å²) in [6.07, 6.45) is 3.35. The van der Waals surface area contributed by atoms with Gasteiger partial charge in [-0.05, 0) is 12.3 Å². The van der Waals surface area contributed by atoms with Crippen molar-refractivity contribution in [1.82, 2.24) is 15.0 Å². The Morgan fingerprint density at radius 1 is 1.04 bits per heavy atom. The van der Waals surface area contributed by atoms with E-state index in [1.165, 1.54) is 38.2 Å². The summed E-state index contributed by atoms with van der Waals surface area (Å²) < 4.78 is 39.2. The van der Waals surface area contributed by atoms with Crippen molar-refractivity contribution < 1.29 is 18.3 Å². The largest absolute Gasteiger partial charge is 0.494 e. The highest BCUT2D eigenvalue weighted by Gasteiger charge is 2.23. The van der Waals surface area contributed by atoms with Crippen molar-refractivity contribution >= 4 is 34.3 Å². The van der Waals surface area contributed by atoms with Crippen molar-refractivity contribution in [2.75, 3.05) is 20.5 Å². The van der Waals surface area contributed by atoms with Crippen LogP contribution < -0.4 is 9.47 Å². The van der Waals surface area contributed by atoms with Gasteiger partial charge in [0.25, 0.3) is 0 Å². The zero-order valence-electron chi connectivity index (χ0n) is 13.4. The number of hydrogen-bond acceptors (Lipinski definition) is 6. The number of benzene rings is 1. The van der Waals surface area contributed by atoms with Crippen LogP contribution in [0.4, 0.5) is 8.78 Å². The fourth-order valence-corrected chi connectivity index (χ4v) is 2.90. The summed E-state index contributed by atoms with van der Waals surface area (Å²) in [4.78, 5) is 12.5. The average Bonchev–Trinajstić information content (AvgIpc) is 2.62. The Balaban J connectivity index is 2.30. The van der Waals surface area contributed by atoms with Crippen LogP contribution in [0, 0.1) is 11.6 Å². The van der Waals surface area contributed by atoms with E-state index in [-0.39, 0.29) is 22.3 Å². The second-order valence-corrected chi connectivity index (χ2v) is 6.01. The molecule has 3 aromatic rings. The number of thioether (sulfide) groups is 1. The molecule has 1 aromatic carbocycles. The van der Waals surface area contributed by atoms with Gasteiger partial charge in [-0.2, -0.15) is 0 Å². The van der Waals surface area contributed by atoms with Gasteiger partial charge in [0.15, 0.2) is 33.4 Å². The molecule has 0 atom stereocenters. The molecular weight excluding hydrogens is 372 g/mol. The number of nitrogens with zero attached hydrogens (tertiary/aromatic N) is 3. The van der Waals surface area contributed by atoms with E-state index in [0.29, 0.717) is 16.1 Å². The van der Waals surface area contributed by atoms with E-state index in [4.69, 9.17) is 21.1 Å². The first kappa shape index (κ1) is 17.6. The Morgan fingerprint density at radius 2 is 1.68 bits per heavy atom. The molecular formula is C16H12ClF2N3O2S. The first-order valence-corrected chi connectivity index (χ1v) is 8.58. The lowest BCUT2D eigenvalue weighted by Gasteiger charge is -2.13. The quantitative estimate of drug-likeness (QED) is 0.379. The molecule has 0 saturated carbocycles. The fourth-order valence-electron chi connectivity index (χ4n) is 2.32. The molecule has 0 bridgehead atoms. The monoisotopic (exact) mass is 383 g/mol. The molecule has 0 N–H and O–H groups in total. The van der Waals surface area contributed by atoms with Crippen molar-refractivity contribution in [3.8, 4) is 22.8 Å². The van der Waals surface area contributed by atoms with Gasteiger partial charge in [-0.25, -0.2) is 23.7 Å². The first-order valence-electron chi connectivity index (χ1n) is 6.97. The van der Waals surface area contributed by atoms with Crippen LogP contribution in [0.15, 0.2) is 23.5 Å². The summed E-state index contributed by atoms with van der Waals surface area (Å²) in [6.45, 7) is 0. The fraction of sp³-hybridized carbons (Fsp3) is 0.188. The topological polar surface area (TPSA) is 57.1 Å². The van der Waals surface area contributed by atoms with E-state index in [2.05, 4.69) is 15.0 Å². The SMILES string of the molecule is COc1cc(OC)c(F)c(-c2cc3cnc(SC)nc3c(Cl)n2)c1F. The van der Waals surface area contributed by atoms with Gasteiger partial charge in [0.1, 0.15) is 5.52 Å². The number of hydrogen-bond donors (Lipinski definition) is 0. The number of halogens is 3. The van der Waals surface area contributed by atoms with E-state index >= 15 is 0 Å². The summed E-state index contributed by atoms with van der Waals surface area (Å²) in [5.41, 5.74) is -0.000381. The third-order valence-corrected chi connectivity index (χ3v) is 4.34. The number of rotatable bonds is 4. The Morgan fingerprint density at radius 3 is 2.24 bits per heavy atom. The van der Waals surface area contributed by atoms with Crippen LogP contribution in [0.3, 0.4) is 0 Å². The second-order valence-electron chi connectivity index (χ2n) is 4.88. The average molecular weight is 384 g/mol. The van der Waals surface area contributed by atoms with Gasteiger partial charge in [-0.3, -0.25) is 0 Å². The van der Waals surface area contributed by atoms with E-state index in [0.717, 1.165) is 6.07 Å². The van der Waals surface area contributed by atoms with Gasteiger partial charge >= 0.3 is 0 Å². The van der Waals surface area contributed by atoms with Crippen molar-refractivity contribution in [2.24, 2.45) is 0 Å². The normalized spacial score (nSPS) is 11.0. The molecule has 0 spiro atoms. The van der Waals surface area contributed by atoms with Crippen LogP contribution in [-0.2, 0) is 0 Å². The van der Waals surface area contributed by atoms with E-state index in [1.54, 1.807) is 0 Å². The molecule has 0 aliphatic carbocycles. The lowest BCUT2D eigenvalue weighted by molar-refractivity contribution is 0.359. The van der Waals surface area contributed by atoms with Crippen LogP contribution in [0.25, 0.3) is 22.2 Å². The molecule has 0 aliphatic rings. The zero-order chi connectivity index (χ0) is 18.1. The van der Waals surface area contributed by atoms with Crippen molar-refractivity contribution in [2.45, 2.75) is 5.16 Å². The smallest absolute Gasteiger partial charge is 0.187 e. The minimum atomic E-state index is -0.898. The van der Waals surface area contributed by atoms with Crippen LogP contribution >= 0.6 is 23.4 Å². The van der Waals surface area contributed by atoms with Crippen molar-refractivity contribution in [1.29, 1.82) is 0 Å². The highest BCUT2D eigenvalue weighted by Crippen LogP contribution is 2.38. The predicted molar refractivity (Wildman–Crippen MR) is 92.6 cm³/mol. The molecule has 9 heteroatoms. The molecule has 130 valence electrons. The molecule has 0 fully saturated rings. The van der Waals surface area contributed by atoms with Crippen LogP contribution in [0.1, 0.15) is 0 Å². The van der Waals surface area contributed by atoms with Gasteiger partial charge in [0.2, 0.25) is 0 Å². The Labute approximate surface area is 151 Å². The molecule has 2 heterocycles. The number of ether oxygens (including phenoxy) is 2. The highest BCUT2D eigenvalue weighted by atomic mass is 35.5. The Hall–Kier alpha value is -2.19. The lowest BCUT2D eigenvalue weighted by atomic mass is 10.1. The van der Waals surface area contributed by atoms with Crippen LogP contribution in [-0.4, -0.2) is 35.4 Å². The van der Waals surface area contributed by atoms with Gasteiger partial charge in [0, 0.05) is 17.6 Å². The molecule has 0 aliphatic heterocycles. The standard InChI is InChI=1S/C16H12ClF2N3O2S/c1-23-9-5-10(24-2)13(19)11(12(9)18)8-4-7-6-20-16(25-3)22-14(7)15(17)21-8/h4-6H,1-3H3. The number of fused-ring (bicyclic) bond motifs is 1. The molecule has 0 saturated heterocycles. The maximum absolute atomic E-state index is 14.6. The summed E-state index contributed by atoms with van der Waals surface area (Å²) in [5.74, 6) is -2.13. The molecule has 25 heavy (non-hydrogen) atoms. The number of aromatic nitrogens is 3. The summed E-state index contributed by atoms with van der Waals surface area (Å²) in [6, 6.07) is 2.59. The molecule has 0 unspecified atom stereocenters. The second kappa shape index (κ2) is 6.97. The maximum Gasteiger partial charge on any atom is 0.187 e. The number of methoxy groups -OCH3 is 2. The molecule has 5 nitrogen and oxygen atoms in total. The van der Waals surface area contributed by atoms with E-state index in [1.807, 2.05) is 6.26 Å². The van der Waals surface area contributed by atoms with E-state index in [9.17, 15) is 8.78 Å². The van der Waals surface area contributed by atoms with Crippen LogP contribution in [0.5, 0.6) is 11.5 Å². The highest BCUT2D eigenvalue weighted by molar-refractivity contribution is 7.98. The van der Waals surface area contributed by atoms with Gasteiger partial charge < -0.3 is 9.47 Å². The molecule has 2 aromatic heterocycles. The van der Waals surface area contributed by atoms with Gasteiger partial charge in [0.05, 0.1) is 25.5 Å². The van der Waals surface area contributed by atoms with Gasteiger partial charge in [-0.1, -0.05) is 23.4 Å². The molecule has 0 amide bonds. The first-order chi connectivity index (χ1) is 12.0. The van der Waals surface area contributed by atoms with Crippen LogP contribution in [0.2, 0.25) is 5.15 Å². The minimum Gasteiger partial charge on any atom is -0.494 e. The Kier molecular flexibility index (Phi) is 4.91. The maximum atomic E-state index is 14.6. The third-order valence-electron chi connectivity index (χ3n) is 3.51. The molecule has 3 rings (SSSR count). The summed E-state index contributed by atoms with van der Waals surface area (Å²) >= 11 is 7.52. The van der Waals surface area contributed by atoms with Crippen molar-refractivity contribution in [3.63, 3.8) is 0 Å². The lowest BCUT2D eigenvalue weighted by Crippen LogP contribution is -2.01. The summed E-state index contributed by atoms with van der Waals surface area (Å²) in [5, 5.41) is 1.04. The molecule has 0 radical (unpaired) electrons. The Bertz CT molecular complexity index is 944. The van der Waals surface area contributed by atoms with Gasteiger partial charge in [-0.15, -0.1) is 0 Å². The predicted octanol–water partition coefficient (Wildman–Crippen LogP) is 4.36. The summed E-state index contributed by atoms with van der Waals surface area (Å²) in [7, 11) is 2.55. The van der Waals surface area contributed by atoms with E-state index < -0.39 is 17.2 Å². The van der Waals surface area contributed by atoms with Crippen molar-refractivity contribution in [3.05, 3.63) is 35.1 Å².